The smallest absolute Gasteiger partial charge is 0.222 e. The Labute approximate surface area is 98.1 Å². The van der Waals surface area contributed by atoms with E-state index in [4.69, 9.17) is 5.73 Å². The van der Waals surface area contributed by atoms with E-state index < -0.39 is 0 Å². The monoisotopic (exact) mass is 235 g/mol. The van der Waals surface area contributed by atoms with Crippen LogP contribution in [0.25, 0.3) is 0 Å². The first kappa shape index (κ1) is 10.9. The van der Waals surface area contributed by atoms with Gasteiger partial charge in [-0.3, -0.25) is 9.55 Å². The highest BCUT2D eigenvalue weighted by molar-refractivity contribution is 7.98. The van der Waals surface area contributed by atoms with Crippen LogP contribution in [0.2, 0.25) is 0 Å². The third-order valence-corrected chi connectivity index (χ3v) is 3.22. The highest BCUT2D eigenvalue weighted by Gasteiger charge is 2.06. The zero-order chi connectivity index (χ0) is 11.5. The first-order valence-electron chi connectivity index (χ1n) is 4.87. The second kappa shape index (κ2) is 4.52. The Balaban J connectivity index is 2.05. The molecule has 2 rings (SSSR count). The van der Waals surface area contributed by atoms with Crippen molar-refractivity contribution in [1.82, 2.24) is 19.7 Å². The van der Waals surface area contributed by atoms with E-state index in [-0.39, 0.29) is 0 Å². The van der Waals surface area contributed by atoms with Crippen LogP contribution >= 0.6 is 11.8 Å². The molecule has 0 saturated heterocycles. The van der Waals surface area contributed by atoms with E-state index in [0.29, 0.717) is 5.95 Å². The first-order valence-corrected chi connectivity index (χ1v) is 5.85. The largest absolute Gasteiger partial charge is 0.368 e. The van der Waals surface area contributed by atoms with Crippen LogP contribution in [0.5, 0.6) is 0 Å². The molecule has 0 fully saturated rings. The summed E-state index contributed by atoms with van der Waals surface area (Å²) in [6, 6.07) is 5.98. The fraction of sp³-hybridized carbons (Fsp3) is 0.300. The lowest BCUT2D eigenvalue weighted by atomic mass is 10.3. The highest BCUT2D eigenvalue weighted by Crippen LogP contribution is 2.20. The molecule has 0 unspecified atom stereocenters. The number of nitrogens with zero attached hydrogens (tertiary/aromatic N) is 4. The van der Waals surface area contributed by atoms with Gasteiger partial charge >= 0.3 is 0 Å². The van der Waals surface area contributed by atoms with Gasteiger partial charge in [0.25, 0.3) is 0 Å². The van der Waals surface area contributed by atoms with Gasteiger partial charge in [0.05, 0.1) is 5.69 Å². The van der Waals surface area contributed by atoms with Crippen LogP contribution in [0.3, 0.4) is 0 Å². The Morgan fingerprint density at radius 1 is 1.38 bits per heavy atom. The summed E-state index contributed by atoms with van der Waals surface area (Å²) < 4.78 is 1.76. The van der Waals surface area contributed by atoms with E-state index in [1.54, 1.807) is 16.3 Å². The summed E-state index contributed by atoms with van der Waals surface area (Å²) >= 11 is 1.58. The average molecular weight is 235 g/mol. The molecule has 0 aliphatic heterocycles. The molecule has 0 aromatic carbocycles. The van der Waals surface area contributed by atoms with Gasteiger partial charge in [0.1, 0.15) is 0 Å². The van der Waals surface area contributed by atoms with Crippen LogP contribution in [0.1, 0.15) is 11.4 Å². The molecule has 0 aliphatic rings. The van der Waals surface area contributed by atoms with Crippen molar-refractivity contribution in [1.29, 1.82) is 0 Å². The average Bonchev–Trinajstić information content (AvgIpc) is 2.57. The van der Waals surface area contributed by atoms with Gasteiger partial charge in [-0.1, -0.05) is 17.8 Å². The molecule has 2 aromatic heterocycles. The van der Waals surface area contributed by atoms with Crippen LogP contribution in [-0.4, -0.2) is 19.7 Å². The number of hydrogen-bond acceptors (Lipinski definition) is 5. The van der Waals surface area contributed by atoms with Crippen molar-refractivity contribution in [3.8, 4) is 0 Å². The number of thioether (sulfide) groups is 1. The minimum Gasteiger partial charge on any atom is -0.368 e. The number of pyridine rings is 1. The fourth-order valence-corrected chi connectivity index (χ4v) is 2.09. The maximum Gasteiger partial charge on any atom is 0.222 e. The fourth-order valence-electron chi connectivity index (χ4n) is 1.27. The molecule has 16 heavy (non-hydrogen) atoms. The number of nitrogen functional groups attached to an aromatic ring is 1. The van der Waals surface area contributed by atoms with E-state index in [1.165, 1.54) is 0 Å². The van der Waals surface area contributed by atoms with Crippen LogP contribution in [-0.2, 0) is 12.8 Å². The maximum atomic E-state index is 5.59. The van der Waals surface area contributed by atoms with Crippen molar-refractivity contribution in [3.63, 3.8) is 0 Å². The molecule has 84 valence electrons. The number of aryl methyl sites for hydroxylation is 1. The molecule has 5 nitrogen and oxygen atoms in total. The van der Waals surface area contributed by atoms with Gasteiger partial charge in [-0.05, 0) is 19.1 Å². The third-order valence-electron chi connectivity index (χ3n) is 2.16. The molecule has 6 heteroatoms. The molecular formula is C10H13N5S. The minimum atomic E-state index is 0.430. The molecule has 0 radical (unpaired) electrons. The standard InChI is InChI=1S/C10H13N5S/c1-7-4-3-5-8(12-7)6-16-10-14-13-9(11)15(10)2/h3-5H,6H2,1-2H3,(H2,11,13). The van der Waals surface area contributed by atoms with Crippen molar-refractivity contribution in [2.24, 2.45) is 7.05 Å². The predicted octanol–water partition coefficient (Wildman–Crippen LogP) is 1.39. The van der Waals surface area contributed by atoms with Crippen LogP contribution in [0.4, 0.5) is 5.95 Å². The normalized spacial score (nSPS) is 10.6. The van der Waals surface area contributed by atoms with E-state index in [0.717, 1.165) is 22.3 Å². The summed E-state index contributed by atoms with van der Waals surface area (Å²) in [5.74, 6) is 1.20. The number of nitrogens with two attached hydrogens (primary N) is 1. The van der Waals surface area contributed by atoms with Crippen molar-refractivity contribution in [3.05, 3.63) is 29.6 Å². The number of rotatable bonds is 3. The lowest BCUT2D eigenvalue weighted by Gasteiger charge is -2.01. The summed E-state index contributed by atoms with van der Waals surface area (Å²) in [7, 11) is 1.85. The van der Waals surface area contributed by atoms with E-state index in [9.17, 15) is 0 Å². The lowest BCUT2D eigenvalue weighted by molar-refractivity contribution is 0.795. The van der Waals surface area contributed by atoms with Gasteiger partial charge in [-0.15, -0.1) is 10.2 Å². The minimum absolute atomic E-state index is 0.430. The van der Waals surface area contributed by atoms with E-state index in [2.05, 4.69) is 15.2 Å². The van der Waals surface area contributed by atoms with Crippen molar-refractivity contribution >= 4 is 17.7 Å². The summed E-state index contributed by atoms with van der Waals surface area (Å²) in [6.45, 7) is 1.98. The second-order valence-electron chi connectivity index (χ2n) is 3.46. The van der Waals surface area contributed by atoms with Gasteiger partial charge in [0.2, 0.25) is 5.95 Å². The van der Waals surface area contributed by atoms with E-state index >= 15 is 0 Å². The Kier molecular flexibility index (Phi) is 3.09. The number of hydrogen-bond donors (Lipinski definition) is 1. The molecule has 0 spiro atoms. The molecule has 0 aliphatic carbocycles. The lowest BCUT2D eigenvalue weighted by Crippen LogP contribution is -1.98. The van der Waals surface area contributed by atoms with Crippen molar-refractivity contribution < 1.29 is 0 Å². The van der Waals surface area contributed by atoms with E-state index in [1.807, 2.05) is 32.2 Å². The Bertz CT molecular complexity index is 494. The molecule has 0 atom stereocenters. The number of aromatic nitrogens is 4. The van der Waals surface area contributed by atoms with Crippen molar-refractivity contribution in [2.75, 3.05) is 5.73 Å². The highest BCUT2D eigenvalue weighted by atomic mass is 32.2. The topological polar surface area (TPSA) is 69.6 Å². The van der Waals surface area contributed by atoms with Crippen molar-refractivity contribution in [2.45, 2.75) is 17.8 Å². The maximum absolute atomic E-state index is 5.59. The Morgan fingerprint density at radius 2 is 2.19 bits per heavy atom. The van der Waals surface area contributed by atoms with Gasteiger partial charge in [-0.2, -0.15) is 0 Å². The van der Waals surface area contributed by atoms with Crippen LogP contribution in [0.15, 0.2) is 23.4 Å². The third kappa shape index (κ3) is 2.33. The molecular weight excluding hydrogens is 222 g/mol. The summed E-state index contributed by atoms with van der Waals surface area (Å²) in [5, 5.41) is 8.58. The Morgan fingerprint density at radius 3 is 2.81 bits per heavy atom. The SMILES string of the molecule is Cc1cccc(CSc2nnc(N)n2C)n1. The van der Waals surface area contributed by atoms with Gasteiger partial charge < -0.3 is 5.73 Å². The van der Waals surface area contributed by atoms with Gasteiger partial charge in [0, 0.05) is 18.5 Å². The zero-order valence-electron chi connectivity index (χ0n) is 9.21. The van der Waals surface area contributed by atoms with Crippen LogP contribution in [0, 0.1) is 6.92 Å². The second-order valence-corrected chi connectivity index (χ2v) is 4.40. The number of anilines is 1. The quantitative estimate of drug-likeness (QED) is 0.814. The van der Waals surface area contributed by atoms with Gasteiger partial charge in [0.15, 0.2) is 5.16 Å². The predicted molar refractivity (Wildman–Crippen MR) is 64.0 cm³/mol. The first-order chi connectivity index (χ1) is 7.66. The molecule has 0 bridgehead atoms. The Hall–Kier alpha value is -1.56. The zero-order valence-corrected chi connectivity index (χ0v) is 10.0. The molecule has 0 saturated carbocycles. The summed E-state index contributed by atoms with van der Waals surface area (Å²) in [4.78, 5) is 4.42. The molecule has 0 amide bonds. The molecule has 2 aromatic rings. The summed E-state index contributed by atoms with van der Waals surface area (Å²) in [5.41, 5.74) is 7.65. The summed E-state index contributed by atoms with van der Waals surface area (Å²) in [6.07, 6.45) is 0. The molecule has 2 heterocycles. The molecule has 2 N–H and O–H groups in total. The van der Waals surface area contributed by atoms with Gasteiger partial charge in [-0.25, -0.2) is 0 Å². The van der Waals surface area contributed by atoms with Crippen LogP contribution < -0.4 is 5.73 Å².